The zero-order chi connectivity index (χ0) is 13.2. The molecule has 1 heterocycles. The first-order valence-electron chi connectivity index (χ1n) is 6.19. The minimum absolute atomic E-state index is 0.0395. The summed E-state index contributed by atoms with van der Waals surface area (Å²) in [5.74, 6) is 0.907. The van der Waals surface area contributed by atoms with Gasteiger partial charge in [0.25, 0.3) is 0 Å². The molecule has 3 nitrogen and oxygen atoms in total. The third-order valence-electron chi connectivity index (χ3n) is 3.26. The summed E-state index contributed by atoms with van der Waals surface area (Å²) in [5.41, 5.74) is 8.53. The van der Waals surface area contributed by atoms with Crippen LogP contribution in [-0.2, 0) is 6.54 Å². The van der Waals surface area contributed by atoms with Gasteiger partial charge in [-0.1, -0.05) is 42.1 Å². The van der Waals surface area contributed by atoms with Crippen molar-refractivity contribution in [3.05, 3.63) is 54.1 Å². The number of methoxy groups -OCH3 is 1. The van der Waals surface area contributed by atoms with Crippen LogP contribution in [0.1, 0.15) is 5.56 Å². The van der Waals surface area contributed by atoms with Crippen molar-refractivity contribution >= 4 is 17.4 Å². The second kappa shape index (κ2) is 5.15. The highest BCUT2D eigenvalue weighted by Gasteiger charge is 2.27. The van der Waals surface area contributed by atoms with E-state index in [1.165, 1.54) is 10.6 Å². The largest absolute Gasteiger partial charge is 0.496 e. The van der Waals surface area contributed by atoms with E-state index in [2.05, 4.69) is 23.1 Å². The van der Waals surface area contributed by atoms with E-state index in [1.807, 2.05) is 30.3 Å². The monoisotopic (exact) mass is 272 g/mol. The van der Waals surface area contributed by atoms with Crippen molar-refractivity contribution in [1.82, 2.24) is 0 Å². The molecule has 2 aromatic carbocycles. The van der Waals surface area contributed by atoms with Crippen molar-refractivity contribution in [3.63, 3.8) is 0 Å². The van der Waals surface area contributed by atoms with Crippen molar-refractivity contribution in [2.75, 3.05) is 12.0 Å². The highest BCUT2D eigenvalue weighted by Crippen LogP contribution is 2.42. The third kappa shape index (κ3) is 2.29. The smallest absolute Gasteiger partial charge is 0.130 e. The minimum Gasteiger partial charge on any atom is -0.496 e. The van der Waals surface area contributed by atoms with Gasteiger partial charge in [0.15, 0.2) is 0 Å². The lowest BCUT2D eigenvalue weighted by Crippen LogP contribution is -2.35. The number of anilines is 1. The Bertz CT molecular complexity index is 588. The highest BCUT2D eigenvalue weighted by molar-refractivity contribution is 8.00. The maximum absolute atomic E-state index is 6.22. The first-order valence-corrected chi connectivity index (χ1v) is 7.07. The fraction of sp³-hybridized carbons (Fsp3) is 0.200. The molecule has 0 saturated carbocycles. The van der Waals surface area contributed by atoms with E-state index in [1.54, 1.807) is 18.9 Å². The molecule has 1 aliphatic heterocycles. The number of para-hydroxylation sites is 2. The summed E-state index contributed by atoms with van der Waals surface area (Å²) in [4.78, 5) is 3.45. The van der Waals surface area contributed by atoms with Crippen LogP contribution in [0.4, 0.5) is 5.69 Å². The normalized spacial score (nSPS) is 17.4. The van der Waals surface area contributed by atoms with Crippen LogP contribution >= 0.6 is 11.8 Å². The molecule has 0 spiro atoms. The second-order valence-corrected chi connectivity index (χ2v) is 5.57. The molecule has 0 fully saturated rings. The van der Waals surface area contributed by atoms with Crippen molar-refractivity contribution < 1.29 is 4.74 Å². The molecule has 2 N–H and O–H groups in total. The van der Waals surface area contributed by atoms with E-state index in [0.717, 1.165) is 17.9 Å². The van der Waals surface area contributed by atoms with Crippen LogP contribution in [0.3, 0.4) is 0 Å². The molecule has 0 radical (unpaired) electrons. The summed E-state index contributed by atoms with van der Waals surface area (Å²) < 4.78 is 5.40. The Hall–Kier alpha value is -1.65. The predicted molar refractivity (Wildman–Crippen MR) is 79.5 cm³/mol. The Morgan fingerprint density at radius 2 is 1.89 bits per heavy atom. The Labute approximate surface area is 117 Å². The molecule has 19 heavy (non-hydrogen) atoms. The van der Waals surface area contributed by atoms with Gasteiger partial charge in [0.2, 0.25) is 0 Å². The first kappa shape index (κ1) is 12.4. The lowest BCUT2D eigenvalue weighted by atomic mass is 10.2. The zero-order valence-electron chi connectivity index (χ0n) is 10.7. The Balaban J connectivity index is 1.91. The van der Waals surface area contributed by atoms with Crippen molar-refractivity contribution in [3.8, 4) is 5.75 Å². The van der Waals surface area contributed by atoms with Crippen LogP contribution in [0.15, 0.2) is 53.4 Å². The van der Waals surface area contributed by atoms with Crippen LogP contribution in [0, 0.1) is 0 Å². The van der Waals surface area contributed by atoms with Crippen LogP contribution in [0.5, 0.6) is 5.75 Å². The number of nitrogens with zero attached hydrogens (tertiary/aromatic N) is 1. The van der Waals surface area contributed by atoms with Crippen molar-refractivity contribution in [2.45, 2.75) is 16.9 Å². The second-order valence-electron chi connectivity index (χ2n) is 4.42. The minimum atomic E-state index is -0.0395. The summed E-state index contributed by atoms with van der Waals surface area (Å²) in [5, 5.41) is 0. The molecule has 0 bridgehead atoms. The lowest BCUT2D eigenvalue weighted by Gasteiger charge is -2.24. The average Bonchev–Trinajstić information content (AvgIpc) is 2.76. The number of hydrogen-bond donors (Lipinski definition) is 1. The fourth-order valence-corrected chi connectivity index (χ4v) is 3.36. The van der Waals surface area contributed by atoms with Gasteiger partial charge in [-0.3, -0.25) is 0 Å². The zero-order valence-corrected chi connectivity index (χ0v) is 11.6. The third-order valence-corrected chi connectivity index (χ3v) is 4.36. The summed E-state index contributed by atoms with van der Waals surface area (Å²) in [6.07, 6.45) is 0. The Kier molecular flexibility index (Phi) is 3.36. The van der Waals surface area contributed by atoms with E-state index < -0.39 is 0 Å². The molecule has 2 aromatic rings. The lowest BCUT2D eigenvalue weighted by molar-refractivity contribution is 0.409. The predicted octanol–water partition coefficient (Wildman–Crippen LogP) is 3.05. The first-order chi connectivity index (χ1) is 9.29. The van der Waals surface area contributed by atoms with Crippen molar-refractivity contribution in [1.29, 1.82) is 0 Å². The van der Waals surface area contributed by atoms with Gasteiger partial charge in [0, 0.05) is 17.0 Å². The number of ether oxygens (including phenoxy) is 1. The molecule has 0 aliphatic carbocycles. The Morgan fingerprint density at radius 1 is 1.16 bits per heavy atom. The molecule has 1 unspecified atom stereocenters. The van der Waals surface area contributed by atoms with Crippen LogP contribution in [0.25, 0.3) is 0 Å². The van der Waals surface area contributed by atoms with Gasteiger partial charge in [-0.05, 0) is 18.2 Å². The Morgan fingerprint density at radius 3 is 2.74 bits per heavy atom. The number of fused-ring (bicyclic) bond motifs is 1. The fourth-order valence-electron chi connectivity index (χ4n) is 2.32. The average molecular weight is 272 g/mol. The quantitative estimate of drug-likeness (QED) is 0.932. The van der Waals surface area contributed by atoms with E-state index in [4.69, 9.17) is 10.5 Å². The van der Waals surface area contributed by atoms with Gasteiger partial charge in [-0.25, -0.2) is 0 Å². The molecule has 3 rings (SSSR count). The van der Waals surface area contributed by atoms with Gasteiger partial charge < -0.3 is 15.4 Å². The molecule has 0 aromatic heterocycles. The van der Waals surface area contributed by atoms with Gasteiger partial charge in [0.05, 0.1) is 12.8 Å². The standard InChI is InChI=1S/C15H16N2OS/c1-18-13-8-4-2-6-11(13)10-17-12-7-3-5-9-14(12)19-15(17)16/h2-9,15H,10,16H2,1H3. The SMILES string of the molecule is COc1ccccc1CN1c2ccccc2SC1N. The summed E-state index contributed by atoms with van der Waals surface area (Å²) in [7, 11) is 1.70. The molecule has 0 saturated heterocycles. The number of nitrogens with two attached hydrogens (primary N) is 1. The van der Waals surface area contributed by atoms with Gasteiger partial charge in [-0.15, -0.1) is 0 Å². The number of thioether (sulfide) groups is 1. The molecule has 1 atom stereocenters. The summed E-state index contributed by atoms with van der Waals surface area (Å²) in [6.45, 7) is 0.759. The van der Waals surface area contributed by atoms with Gasteiger partial charge in [0.1, 0.15) is 11.2 Å². The van der Waals surface area contributed by atoms with Crippen molar-refractivity contribution in [2.24, 2.45) is 5.73 Å². The summed E-state index contributed by atoms with van der Waals surface area (Å²) >= 11 is 1.69. The number of benzene rings is 2. The van der Waals surface area contributed by atoms with Gasteiger partial charge in [-0.2, -0.15) is 0 Å². The van der Waals surface area contributed by atoms with E-state index >= 15 is 0 Å². The molecule has 4 heteroatoms. The van der Waals surface area contributed by atoms with E-state index in [9.17, 15) is 0 Å². The topological polar surface area (TPSA) is 38.5 Å². The number of rotatable bonds is 3. The number of hydrogen-bond acceptors (Lipinski definition) is 4. The van der Waals surface area contributed by atoms with E-state index in [-0.39, 0.29) is 5.50 Å². The summed E-state index contributed by atoms with van der Waals surface area (Å²) in [6, 6.07) is 16.4. The molecule has 0 amide bonds. The molecular formula is C15H16N2OS. The molecule has 98 valence electrons. The van der Waals surface area contributed by atoms with Gasteiger partial charge >= 0.3 is 0 Å². The molecule has 1 aliphatic rings. The van der Waals surface area contributed by atoms with Crippen LogP contribution in [0.2, 0.25) is 0 Å². The molecular weight excluding hydrogens is 256 g/mol. The van der Waals surface area contributed by atoms with Crippen LogP contribution in [-0.4, -0.2) is 12.6 Å². The van der Waals surface area contributed by atoms with E-state index in [0.29, 0.717) is 0 Å². The maximum atomic E-state index is 6.22. The highest BCUT2D eigenvalue weighted by atomic mass is 32.2. The maximum Gasteiger partial charge on any atom is 0.130 e. The van der Waals surface area contributed by atoms with Crippen LogP contribution < -0.4 is 15.4 Å².